The number of tetrazole rings is 1. The van der Waals surface area contributed by atoms with E-state index in [2.05, 4.69) is 45.7 Å². The number of benzene rings is 1. The zero-order chi connectivity index (χ0) is 33.8. The summed E-state index contributed by atoms with van der Waals surface area (Å²) in [6.45, 7) is 7.08. The van der Waals surface area contributed by atoms with Gasteiger partial charge in [-0.15, -0.1) is 10.2 Å². The standard InChI is InChI=1S/C32H42ClN13O3/c1-23(18-45-22-39-42-43-45)49-30-15-24(3-8-28(30)33)25-16-37-32(38-17-25)40-29-19-46(41-31(29)48-12-2-9-35-21-36-20-34)27-6-4-26(5-7-27)44-10-13-47-14-11-44/h3,8,15-17,19-23,26-27H,2,4-7,9-14,18H2,1H3,(H2,34,35,36)(H,37,38,40)/t23-,26?,27?/m0/s1. The van der Waals surface area contributed by atoms with Gasteiger partial charge in [-0.3, -0.25) is 14.6 Å². The van der Waals surface area contributed by atoms with Gasteiger partial charge in [0.25, 0.3) is 5.88 Å². The molecule has 4 aromatic rings. The Labute approximate surface area is 289 Å². The zero-order valence-corrected chi connectivity index (χ0v) is 28.3. The van der Waals surface area contributed by atoms with Crippen molar-refractivity contribution < 1.29 is 14.2 Å². The van der Waals surface area contributed by atoms with E-state index in [1.807, 2.05) is 29.9 Å². The van der Waals surface area contributed by atoms with Gasteiger partial charge in [0.1, 0.15) is 30.2 Å². The first-order chi connectivity index (χ1) is 24.1. The molecular weight excluding hydrogens is 650 g/mol. The average molecular weight is 692 g/mol. The number of ether oxygens (including phenoxy) is 3. The fourth-order valence-electron chi connectivity index (χ4n) is 6.07. The quantitative estimate of drug-likeness (QED) is 0.105. The van der Waals surface area contributed by atoms with Crippen LogP contribution in [0.25, 0.3) is 11.1 Å². The number of hydrogen-bond acceptors (Lipinski definition) is 12. The molecule has 0 radical (unpaired) electrons. The molecular formula is C32H42ClN13O3. The summed E-state index contributed by atoms with van der Waals surface area (Å²) in [5, 5.41) is 19.9. The van der Waals surface area contributed by atoms with Crippen molar-refractivity contribution in [1.29, 1.82) is 0 Å². The minimum atomic E-state index is -0.214. The zero-order valence-electron chi connectivity index (χ0n) is 27.5. The summed E-state index contributed by atoms with van der Waals surface area (Å²) in [5.74, 6) is 1.48. The van der Waals surface area contributed by atoms with Crippen LogP contribution in [-0.4, -0.2) is 109 Å². The predicted molar refractivity (Wildman–Crippen MR) is 186 cm³/mol. The van der Waals surface area contributed by atoms with Crippen molar-refractivity contribution in [3.8, 4) is 22.8 Å². The smallest absolute Gasteiger partial charge is 0.256 e. The topological polar surface area (TPSA) is 181 Å². The lowest BCUT2D eigenvalue weighted by Crippen LogP contribution is -2.45. The van der Waals surface area contributed by atoms with Gasteiger partial charge in [0.15, 0.2) is 0 Å². The first kappa shape index (κ1) is 34.2. The van der Waals surface area contributed by atoms with E-state index in [1.54, 1.807) is 29.5 Å². The van der Waals surface area contributed by atoms with Crippen LogP contribution >= 0.6 is 11.6 Å². The average Bonchev–Trinajstić information content (AvgIpc) is 3.79. The van der Waals surface area contributed by atoms with Crippen LogP contribution in [0.2, 0.25) is 5.02 Å². The Bertz CT molecular complexity index is 1650. The van der Waals surface area contributed by atoms with E-state index >= 15 is 0 Å². The molecule has 0 unspecified atom stereocenters. The molecule has 1 atom stereocenters. The molecule has 260 valence electrons. The summed E-state index contributed by atoms with van der Waals surface area (Å²) in [6, 6.07) is 6.47. The summed E-state index contributed by atoms with van der Waals surface area (Å²) in [5.41, 5.74) is 7.64. The van der Waals surface area contributed by atoms with Gasteiger partial charge in [-0.1, -0.05) is 17.7 Å². The van der Waals surface area contributed by atoms with E-state index in [0.717, 1.165) is 63.1 Å². The van der Waals surface area contributed by atoms with Crippen molar-refractivity contribution >= 4 is 35.9 Å². The molecule has 4 heterocycles. The Kier molecular flexibility index (Phi) is 12.0. The van der Waals surface area contributed by atoms with Gasteiger partial charge in [-0.25, -0.2) is 19.6 Å². The lowest BCUT2D eigenvalue weighted by molar-refractivity contribution is 0.00503. The number of nitrogens with one attached hydrogen (secondary N) is 1. The van der Waals surface area contributed by atoms with E-state index in [0.29, 0.717) is 60.4 Å². The lowest BCUT2D eigenvalue weighted by atomic mass is 9.90. The number of anilines is 2. The first-order valence-corrected chi connectivity index (χ1v) is 17.0. The Balaban J connectivity index is 1.11. The Hall–Kier alpha value is -4.67. The molecule has 49 heavy (non-hydrogen) atoms. The second kappa shape index (κ2) is 17.1. The summed E-state index contributed by atoms with van der Waals surface area (Å²) >= 11 is 6.46. The summed E-state index contributed by atoms with van der Waals surface area (Å²) < 4.78 is 21.4. The molecule has 1 aromatic carbocycles. The minimum absolute atomic E-state index is 0.214. The van der Waals surface area contributed by atoms with Crippen LogP contribution in [0.5, 0.6) is 11.6 Å². The molecule has 1 aliphatic carbocycles. The Morgan fingerprint density at radius 3 is 2.67 bits per heavy atom. The van der Waals surface area contributed by atoms with Crippen LogP contribution in [0.1, 0.15) is 45.1 Å². The monoisotopic (exact) mass is 691 g/mol. The highest BCUT2D eigenvalue weighted by molar-refractivity contribution is 6.32. The summed E-state index contributed by atoms with van der Waals surface area (Å²) in [7, 11) is 0. The second-order valence-corrected chi connectivity index (χ2v) is 12.4. The van der Waals surface area contributed by atoms with Gasteiger partial charge < -0.3 is 25.3 Å². The third kappa shape index (κ3) is 9.49. The van der Waals surface area contributed by atoms with E-state index in [1.165, 1.54) is 12.7 Å². The number of aromatic nitrogens is 8. The molecule has 1 saturated carbocycles. The van der Waals surface area contributed by atoms with E-state index in [-0.39, 0.29) is 12.1 Å². The maximum atomic E-state index is 6.46. The number of aliphatic imine (C=N–C) groups is 2. The summed E-state index contributed by atoms with van der Waals surface area (Å²) in [6.07, 6.45) is 14.5. The van der Waals surface area contributed by atoms with Crippen molar-refractivity contribution in [1.82, 2.24) is 44.9 Å². The Morgan fingerprint density at radius 1 is 1.12 bits per heavy atom. The molecule has 0 spiro atoms. The van der Waals surface area contributed by atoms with Gasteiger partial charge in [-0.2, -0.15) is 0 Å². The lowest BCUT2D eigenvalue weighted by Gasteiger charge is -2.38. The molecule has 16 nitrogen and oxygen atoms in total. The maximum absolute atomic E-state index is 6.46. The number of nitrogens with two attached hydrogens (primary N) is 1. The van der Waals surface area contributed by atoms with Crippen LogP contribution in [0.4, 0.5) is 11.6 Å². The number of morpholine rings is 1. The molecule has 1 aliphatic heterocycles. The maximum Gasteiger partial charge on any atom is 0.256 e. The van der Waals surface area contributed by atoms with Crippen molar-refractivity contribution in [2.24, 2.45) is 15.7 Å². The van der Waals surface area contributed by atoms with Crippen molar-refractivity contribution in [3.05, 3.63) is 48.1 Å². The van der Waals surface area contributed by atoms with E-state index in [9.17, 15) is 0 Å². The normalized spacial score (nSPS) is 19.4. The van der Waals surface area contributed by atoms with Crippen LogP contribution < -0.4 is 20.5 Å². The van der Waals surface area contributed by atoms with Crippen molar-refractivity contribution in [2.45, 2.75) is 63.8 Å². The molecule has 2 fully saturated rings. The van der Waals surface area contributed by atoms with Gasteiger partial charge in [-0.05, 0) is 60.7 Å². The van der Waals surface area contributed by atoms with E-state index < -0.39 is 0 Å². The molecule has 3 N–H and O–H groups in total. The van der Waals surface area contributed by atoms with Gasteiger partial charge in [0.05, 0.1) is 50.0 Å². The first-order valence-electron chi connectivity index (χ1n) is 16.6. The molecule has 6 rings (SSSR count). The molecule has 1 saturated heterocycles. The molecule has 2 aliphatic rings. The fraction of sp³-hybridized carbons (Fsp3) is 0.500. The minimum Gasteiger partial charge on any atom is -0.487 e. The van der Waals surface area contributed by atoms with Crippen LogP contribution in [-0.2, 0) is 11.3 Å². The Morgan fingerprint density at radius 2 is 1.92 bits per heavy atom. The largest absolute Gasteiger partial charge is 0.487 e. The summed E-state index contributed by atoms with van der Waals surface area (Å²) in [4.78, 5) is 19.8. The number of nitrogens with zero attached hydrogens (tertiary/aromatic N) is 11. The third-order valence-electron chi connectivity index (χ3n) is 8.53. The van der Waals surface area contributed by atoms with Crippen LogP contribution in [0.15, 0.2) is 53.1 Å². The van der Waals surface area contributed by atoms with Crippen LogP contribution in [0.3, 0.4) is 0 Å². The van der Waals surface area contributed by atoms with E-state index in [4.69, 9.17) is 36.6 Å². The predicted octanol–water partition coefficient (Wildman–Crippen LogP) is 3.79. The van der Waals surface area contributed by atoms with Crippen molar-refractivity contribution in [3.63, 3.8) is 0 Å². The SMILES string of the molecule is C[C@@H](Cn1cnnn1)Oc1cc(-c2cnc(Nc3cn(C4CCC(N5CCOCC5)CC4)nc3OCCCN=CN=CN)nc2)ccc1Cl. The van der Waals surface area contributed by atoms with Crippen molar-refractivity contribution in [2.75, 3.05) is 44.8 Å². The highest BCUT2D eigenvalue weighted by Crippen LogP contribution is 2.35. The van der Waals surface area contributed by atoms with Gasteiger partial charge in [0, 0.05) is 50.1 Å². The highest BCUT2D eigenvalue weighted by Gasteiger charge is 2.29. The van der Waals surface area contributed by atoms with Crippen LogP contribution in [0, 0.1) is 0 Å². The molecule has 17 heteroatoms. The molecule has 0 amide bonds. The number of halogens is 1. The molecule has 0 bridgehead atoms. The fourth-order valence-corrected chi connectivity index (χ4v) is 6.23. The number of rotatable bonds is 15. The van der Waals surface area contributed by atoms with Gasteiger partial charge in [0.2, 0.25) is 5.95 Å². The highest BCUT2D eigenvalue weighted by atomic mass is 35.5. The van der Waals surface area contributed by atoms with Gasteiger partial charge >= 0.3 is 0 Å². The number of hydrogen-bond donors (Lipinski definition) is 2. The molecule has 3 aromatic heterocycles. The second-order valence-electron chi connectivity index (χ2n) is 12.0. The third-order valence-corrected chi connectivity index (χ3v) is 8.84.